The molecule has 1 nitrogen and oxygen atoms in total. The summed E-state index contributed by atoms with van der Waals surface area (Å²) < 4.78 is 6.07. The van der Waals surface area contributed by atoms with Crippen molar-refractivity contribution >= 4 is 0 Å². The second kappa shape index (κ2) is 3.27. The first kappa shape index (κ1) is 13.6. The standard InChI is InChI=1S/C15H28O/c1-12(2,3)10-11-15(16-11,13(4,5)6)14(7,8)9/h10H,1-9H3. The van der Waals surface area contributed by atoms with E-state index in [1.807, 2.05) is 0 Å². The van der Waals surface area contributed by atoms with E-state index in [0.29, 0.717) is 0 Å². The molecule has 0 aliphatic carbocycles. The third kappa shape index (κ3) is 2.14. The van der Waals surface area contributed by atoms with Crippen LogP contribution in [0, 0.1) is 16.2 Å². The predicted molar refractivity (Wildman–Crippen MR) is 70.3 cm³/mol. The third-order valence-corrected chi connectivity index (χ3v) is 3.24. The van der Waals surface area contributed by atoms with E-state index in [1.165, 1.54) is 5.76 Å². The van der Waals surface area contributed by atoms with Gasteiger partial charge in [-0.05, 0) is 11.5 Å². The molecule has 0 atom stereocenters. The Morgan fingerprint density at radius 3 is 1.38 bits per heavy atom. The van der Waals surface area contributed by atoms with Gasteiger partial charge < -0.3 is 4.74 Å². The lowest BCUT2D eigenvalue weighted by atomic mass is 9.65. The molecule has 0 bridgehead atoms. The van der Waals surface area contributed by atoms with Crippen molar-refractivity contribution in [2.24, 2.45) is 16.2 Å². The summed E-state index contributed by atoms with van der Waals surface area (Å²) in [6, 6.07) is 0. The molecule has 1 aliphatic heterocycles. The summed E-state index contributed by atoms with van der Waals surface area (Å²) in [6.45, 7) is 20.3. The minimum Gasteiger partial charge on any atom is -0.479 e. The van der Waals surface area contributed by atoms with Crippen molar-refractivity contribution in [3.8, 4) is 0 Å². The normalized spacial score (nSPS) is 23.2. The van der Waals surface area contributed by atoms with E-state index >= 15 is 0 Å². The van der Waals surface area contributed by atoms with Gasteiger partial charge in [0.2, 0.25) is 0 Å². The summed E-state index contributed by atoms with van der Waals surface area (Å²) in [5.41, 5.74) is 0.380. The molecule has 0 aromatic rings. The van der Waals surface area contributed by atoms with E-state index in [2.05, 4.69) is 68.4 Å². The van der Waals surface area contributed by atoms with E-state index in [4.69, 9.17) is 4.74 Å². The van der Waals surface area contributed by atoms with E-state index in [9.17, 15) is 0 Å². The van der Waals surface area contributed by atoms with Crippen molar-refractivity contribution in [2.45, 2.75) is 67.9 Å². The molecule has 94 valence electrons. The van der Waals surface area contributed by atoms with E-state index in [1.54, 1.807) is 0 Å². The molecule has 16 heavy (non-hydrogen) atoms. The Hall–Kier alpha value is -0.460. The Kier molecular flexibility index (Phi) is 2.78. The zero-order valence-corrected chi connectivity index (χ0v) is 12.5. The number of ether oxygens (including phenoxy) is 1. The molecule has 0 amide bonds. The molecule has 0 N–H and O–H groups in total. The Morgan fingerprint density at radius 1 is 0.812 bits per heavy atom. The molecule has 0 spiro atoms. The van der Waals surface area contributed by atoms with Gasteiger partial charge in [-0.15, -0.1) is 0 Å². The lowest BCUT2D eigenvalue weighted by Crippen LogP contribution is -2.41. The fourth-order valence-corrected chi connectivity index (χ4v) is 2.83. The minimum atomic E-state index is -0.0900. The molecular formula is C15H28O. The first-order valence-corrected chi connectivity index (χ1v) is 6.24. The second-order valence-electron chi connectivity index (χ2n) is 8.16. The molecule has 0 aromatic carbocycles. The van der Waals surface area contributed by atoms with Gasteiger partial charge >= 0.3 is 0 Å². The van der Waals surface area contributed by atoms with Crippen LogP contribution in [-0.2, 0) is 4.74 Å². The fourth-order valence-electron chi connectivity index (χ4n) is 2.83. The van der Waals surface area contributed by atoms with E-state index < -0.39 is 0 Å². The number of hydrogen-bond donors (Lipinski definition) is 0. The van der Waals surface area contributed by atoms with Crippen molar-refractivity contribution in [1.29, 1.82) is 0 Å². The molecule has 1 heteroatoms. The van der Waals surface area contributed by atoms with Gasteiger partial charge in [0.05, 0.1) is 0 Å². The van der Waals surface area contributed by atoms with Gasteiger partial charge in [0, 0.05) is 10.8 Å². The summed E-state index contributed by atoms with van der Waals surface area (Å²) in [5, 5.41) is 0. The maximum Gasteiger partial charge on any atom is 0.174 e. The van der Waals surface area contributed by atoms with Crippen LogP contribution < -0.4 is 0 Å². The van der Waals surface area contributed by atoms with Crippen molar-refractivity contribution in [2.75, 3.05) is 0 Å². The zero-order chi connectivity index (χ0) is 13.0. The summed E-state index contributed by atoms with van der Waals surface area (Å²) >= 11 is 0. The van der Waals surface area contributed by atoms with Gasteiger partial charge in [0.1, 0.15) is 5.76 Å². The average Bonchev–Trinajstić information content (AvgIpc) is 2.54. The molecule has 1 fully saturated rings. The Labute approximate surface area is 101 Å². The van der Waals surface area contributed by atoms with Crippen LogP contribution in [0.4, 0.5) is 0 Å². The Balaban J connectivity index is 3.14. The lowest BCUT2D eigenvalue weighted by molar-refractivity contribution is 0.0488. The number of rotatable bonds is 0. The van der Waals surface area contributed by atoms with Crippen LogP contribution in [0.15, 0.2) is 11.8 Å². The summed E-state index contributed by atoms with van der Waals surface area (Å²) in [7, 11) is 0. The monoisotopic (exact) mass is 224 g/mol. The molecule has 1 aliphatic rings. The molecule has 1 heterocycles. The molecule has 0 radical (unpaired) electrons. The molecule has 1 saturated heterocycles. The second-order valence-corrected chi connectivity index (χ2v) is 8.16. The average molecular weight is 224 g/mol. The highest BCUT2D eigenvalue weighted by Gasteiger charge is 2.67. The first-order chi connectivity index (χ1) is 6.81. The van der Waals surface area contributed by atoms with Gasteiger partial charge in [0.15, 0.2) is 5.60 Å². The predicted octanol–water partition coefficient (Wildman–Crippen LogP) is 4.78. The van der Waals surface area contributed by atoms with E-state index in [0.717, 1.165) is 0 Å². The maximum absolute atomic E-state index is 6.07. The van der Waals surface area contributed by atoms with Crippen molar-refractivity contribution < 1.29 is 4.74 Å². The lowest BCUT2D eigenvalue weighted by Gasteiger charge is -2.36. The van der Waals surface area contributed by atoms with Gasteiger partial charge in [-0.2, -0.15) is 0 Å². The quantitative estimate of drug-likeness (QED) is 0.540. The van der Waals surface area contributed by atoms with Crippen LogP contribution in [0.2, 0.25) is 0 Å². The molecule has 0 unspecified atom stereocenters. The number of hydrogen-bond acceptors (Lipinski definition) is 1. The maximum atomic E-state index is 6.07. The van der Waals surface area contributed by atoms with Gasteiger partial charge in [-0.25, -0.2) is 0 Å². The van der Waals surface area contributed by atoms with Crippen LogP contribution in [0.25, 0.3) is 0 Å². The van der Waals surface area contributed by atoms with Crippen molar-refractivity contribution in [3.63, 3.8) is 0 Å². The fraction of sp³-hybridized carbons (Fsp3) is 0.867. The minimum absolute atomic E-state index is 0.0900. The number of epoxide rings is 1. The summed E-state index contributed by atoms with van der Waals surface area (Å²) in [5.74, 6) is 1.18. The van der Waals surface area contributed by atoms with Gasteiger partial charge in [-0.1, -0.05) is 62.3 Å². The molecule has 0 aromatic heterocycles. The topological polar surface area (TPSA) is 12.5 Å². The molecule has 0 saturated carbocycles. The molecule has 1 rings (SSSR count). The number of allylic oxidation sites excluding steroid dienone is 1. The Morgan fingerprint density at radius 2 is 1.19 bits per heavy atom. The van der Waals surface area contributed by atoms with Gasteiger partial charge in [-0.3, -0.25) is 0 Å². The Bertz CT molecular complexity index is 288. The van der Waals surface area contributed by atoms with Crippen LogP contribution in [0.1, 0.15) is 62.3 Å². The van der Waals surface area contributed by atoms with Crippen molar-refractivity contribution in [3.05, 3.63) is 11.8 Å². The third-order valence-electron chi connectivity index (χ3n) is 3.24. The van der Waals surface area contributed by atoms with Gasteiger partial charge in [0.25, 0.3) is 0 Å². The van der Waals surface area contributed by atoms with Crippen LogP contribution in [0.3, 0.4) is 0 Å². The highest BCUT2D eigenvalue weighted by atomic mass is 16.6. The smallest absolute Gasteiger partial charge is 0.174 e. The largest absolute Gasteiger partial charge is 0.479 e. The zero-order valence-electron chi connectivity index (χ0n) is 12.5. The summed E-state index contributed by atoms with van der Waals surface area (Å²) in [6.07, 6.45) is 2.28. The van der Waals surface area contributed by atoms with Crippen LogP contribution in [-0.4, -0.2) is 5.60 Å². The van der Waals surface area contributed by atoms with Crippen LogP contribution in [0.5, 0.6) is 0 Å². The van der Waals surface area contributed by atoms with E-state index in [-0.39, 0.29) is 21.8 Å². The highest BCUT2D eigenvalue weighted by molar-refractivity contribution is 5.34. The first-order valence-electron chi connectivity index (χ1n) is 6.24. The SMILES string of the molecule is CC(C)(C)C=C1OC1(C(C)(C)C)C(C)(C)C. The van der Waals surface area contributed by atoms with Crippen molar-refractivity contribution in [1.82, 2.24) is 0 Å². The molecular weight excluding hydrogens is 196 g/mol. The summed E-state index contributed by atoms with van der Waals surface area (Å²) in [4.78, 5) is 0. The van der Waals surface area contributed by atoms with Crippen LogP contribution >= 0.6 is 0 Å². The highest BCUT2D eigenvalue weighted by Crippen LogP contribution is 2.63.